The van der Waals surface area contributed by atoms with Gasteiger partial charge in [-0.3, -0.25) is 4.79 Å². The van der Waals surface area contributed by atoms with Crippen molar-refractivity contribution in [3.8, 4) is 0 Å². The summed E-state index contributed by atoms with van der Waals surface area (Å²) in [7, 11) is 1.24. The van der Waals surface area contributed by atoms with E-state index in [0.29, 0.717) is 11.6 Å². The number of methoxy groups -OCH3 is 1. The Balaban J connectivity index is 1.94. The lowest BCUT2D eigenvalue weighted by Gasteiger charge is -2.38. The van der Waals surface area contributed by atoms with Crippen LogP contribution in [0.1, 0.15) is 68.7 Å². The molecule has 1 aromatic heterocycles. The quantitative estimate of drug-likeness (QED) is 0.666. The standard InChI is InChI=1S/C19H23NO4/c1-24-18(23)15-16(21)14-9-8-13(12-6-2-3-7-12)20(14)19(17(15)22)10-4-5-11-19/h8-9,12,21H,2-7,10-11H2,1H3. The predicted molar refractivity (Wildman–Crippen MR) is 88.7 cm³/mol. The average molecular weight is 329 g/mol. The highest BCUT2D eigenvalue weighted by Crippen LogP contribution is 2.48. The third-order valence-corrected chi connectivity index (χ3v) is 6.06. The Hall–Kier alpha value is -2.04. The van der Waals surface area contributed by atoms with Crippen LogP contribution < -0.4 is 0 Å². The van der Waals surface area contributed by atoms with Crippen molar-refractivity contribution >= 4 is 17.5 Å². The summed E-state index contributed by atoms with van der Waals surface area (Å²) < 4.78 is 6.84. The van der Waals surface area contributed by atoms with Crippen LogP contribution in [-0.2, 0) is 19.9 Å². The second kappa shape index (κ2) is 5.50. The lowest BCUT2D eigenvalue weighted by molar-refractivity contribution is -0.139. The fourth-order valence-corrected chi connectivity index (χ4v) is 4.93. The van der Waals surface area contributed by atoms with Crippen LogP contribution in [0.3, 0.4) is 0 Å². The number of aromatic nitrogens is 1. The van der Waals surface area contributed by atoms with Gasteiger partial charge in [0.2, 0.25) is 0 Å². The molecule has 128 valence electrons. The maximum atomic E-state index is 13.2. The van der Waals surface area contributed by atoms with Crippen molar-refractivity contribution in [1.82, 2.24) is 4.57 Å². The van der Waals surface area contributed by atoms with Gasteiger partial charge in [0.15, 0.2) is 11.5 Å². The Morgan fingerprint density at radius 1 is 1.21 bits per heavy atom. The minimum Gasteiger partial charge on any atom is -0.505 e. The summed E-state index contributed by atoms with van der Waals surface area (Å²) in [6.07, 6.45) is 8.04. The topological polar surface area (TPSA) is 68.5 Å². The van der Waals surface area contributed by atoms with E-state index in [1.807, 2.05) is 12.1 Å². The molecule has 0 unspecified atom stereocenters. The van der Waals surface area contributed by atoms with Gasteiger partial charge in [-0.1, -0.05) is 25.7 Å². The molecule has 2 heterocycles. The number of aliphatic hydroxyl groups is 1. The van der Waals surface area contributed by atoms with E-state index in [4.69, 9.17) is 4.74 Å². The highest BCUT2D eigenvalue weighted by molar-refractivity contribution is 6.25. The zero-order valence-corrected chi connectivity index (χ0v) is 14.0. The summed E-state index contributed by atoms with van der Waals surface area (Å²) in [6, 6.07) is 3.90. The van der Waals surface area contributed by atoms with E-state index in [0.717, 1.165) is 44.2 Å². The van der Waals surface area contributed by atoms with Gasteiger partial charge in [-0.25, -0.2) is 4.79 Å². The third kappa shape index (κ3) is 1.93. The normalized spacial score (nSPS) is 23.1. The zero-order chi connectivity index (χ0) is 16.9. The van der Waals surface area contributed by atoms with Gasteiger partial charge in [-0.15, -0.1) is 0 Å². The van der Waals surface area contributed by atoms with Crippen LogP contribution in [0.5, 0.6) is 0 Å². The number of aliphatic hydroxyl groups excluding tert-OH is 1. The lowest BCUT2D eigenvalue weighted by Crippen LogP contribution is -2.46. The van der Waals surface area contributed by atoms with Gasteiger partial charge in [-0.05, 0) is 43.7 Å². The number of carbonyl (C=O) groups is 2. The maximum Gasteiger partial charge on any atom is 0.345 e. The number of ether oxygens (including phenoxy) is 1. The maximum absolute atomic E-state index is 13.2. The molecule has 1 N–H and O–H groups in total. The zero-order valence-electron chi connectivity index (χ0n) is 14.0. The van der Waals surface area contributed by atoms with E-state index in [1.54, 1.807) is 0 Å². The van der Waals surface area contributed by atoms with Crippen LogP contribution in [-0.4, -0.2) is 28.5 Å². The molecule has 2 saturated carbocycles. The minimum absolute atomic E-state index is 0.178. The van der Waals surface area contributed by atoms with Gasteiger partial charge in [0.25, 0.3) is 0 Å². The van der Waals surface area contributed by atoms with Gasteiger partial charge >= 0.3 is 5.97 Å². The molecule has 5 heteroatoms. The van der Waals surface area contributed by atoms with Crippen LogP contribution in [0.15, 0.2) is 17.7 Å². The van der Waals surface area contributed by atoms with Crippen LogP contribution >= 0.6 is 0 Å². The largest absolute Gasteiger partial charge is 0.505 e. The first kappa shape index (κ1) is 15.5. The van der Waals surface area contributed by atoms with Crippen molar-refractivity contribution in [3.63, 3.8) is 0 Å². The Kier molecular flexibility index (Phi) is 3.55. The summed E-state index contributed by atoms with van der Waals surface area (Å²) in [5, 5.41) is 10.6. The molecule has 24 heavy (non-hydrogen) atoms. The number of ketones is 1. The molecule has 3 aliphatic rings. The van der Waals surface area contributed by atoms with Crippen LogP contribution in [0.4, 0.5) is 0 Å². The first-order valence-electron chi connectivity index (χ1n) is 8.89. The molecule has 5 nitrogen and oxygen atoms in total. The molecular formula is C19H23NO4. The summed E-state index contributed by atoms with van der Waals surface area (Å²) in [5.74, 6) is -0.795. The number of hydrogen-bond acceptors (Lipinski definition) is 4. The van der Waals surface area contributed by atoms with Gasteiger partial charge in [0.05, 0.1) is 12.8 Å². The molecule has 0 saturated heterocycles. The van der Waals surface area contributed by atoms with Crippen LogP contribution in [0, 0.1) is 0 Å². The summed E-state index contributed by atoms with van der Waals surface area (Å²) in [5.41, 5.74) is 0.849. The van der Waals surface area contributed by atoms with Gasteiger partial charge in [0, 0.05) is 5.69 Å². The highest BCUT2D eigenvalue weighted by atomic mass is 16.5. The fraction of sp³-hybridized carbons (Fsp3) is 0.579. The first-order valence-corrected chi connectivity index (χ1v) is 8.89. The number of Topliss-reactive ketones (excluding diaryl/α,β-unsaturated/α-hetero) is 1. The number of carbonyl (C=O) groups excluding carboxylic acids is 2. The fourth-order valence-electron chi connectivity index (χ4n) is 4.93. The smallest absolute Gasteiger partial charge is 0.345 e. The summed E-state index contributed by atoms with van der Waals surface area (Å²) in [6.45, 7) is 0. The van der Waals surface area contributed by atoms with Crippen molar-refractivity contribution in [1.29, 1.82) is 0 Å². The van der Waals surface area contributed by atoms with Crippen molar-refractivity contribution < 1.29 is 19.4 Å². The van der Waals surface area contributed by atoms with Crippen molar-refractivity contribution in [2.75, 3.05) is 7.11 Å². The van der Waals surface area contributed by atoms with Crippen molar-refractivity contribution in [2.24, 2.45) is 0 Å². The van der Waals surface area contributed by atoms with E-state index < -0.39 is 11.5 Å². The lowest BCUT2D eigenvalue weighted by atomic mass is 9.82. The van der Waals surface area contributed by atoms with Crippen LogP contribution in [0.2, 0.25) is 0 Å². The van der Waals surface area contributed by atoms with Crippen molar-refractivity contribution in [2.45, 2.75) is 62.8 Å². The van der Waals surface area contributed by atoms with Gasteiger partial charge in [-0.2, -0.15) is 0 Å². The molecule has 1 spiro atoms. The Bertz CT molecular complexity index is 731. The third-order valence-electron chi connectivity index (χ3n) is 6.06. The number of hydrogen-bond donors (Lipinski definition) is 1. The molecule has 2 fully saturated rings. The Morgan fingerprint density at radius 3 is 2.50 bits per heavy atom. The van der Waals surface area contributed by atoms with E-state index in [2.05, 4.69) is 4.57 Å². The molecule has 0 radical (unpaired) electrons. The molecule has 0 atom stereocenters. The molecule has 0 aromatic carbocycles. The first-order chi connectivity index (χ1) is 11.6. The highest BCUT2D eigenvalue weighted by Gasteiger charge is 2.52. The van der Waals surface area contributed by atoms with Crippen molar-refractivity contribution in [3.05, 3.63) is 29.1 Å². The molecular weight excluding hydrogens is 306 g/mol. The van der Waals surface area contributed by atoms with Crippen LogP contribution in [0.25, 0.3) is 5.76 Å². The average Bonchev–Trinajstić information content (AvgIpc) is 3.31. The van der Waals surface area contributed by atoms with E-state index >= 15 is 0 Å². The van der Waals surface area contributed by atoms with E-state index in [9.17, 15) is 14.7 Å². The molecule has 0 amide bonds. The Labute approximate surface area is 141 Å². The van der Waals surface area contributed by atoms with E-state index in [1.165, 1.54) is 20.0 Å². The molecule has 1 aliphatic heterocycles. The Morgan fingerprint density at radius 2 is 1.88 bits per heavy atom. The van der Waals surface area contributed by atoms with Gasteiger partial charge < -0.3 is 14.4 Å². The minimum atomic E-state index is -0.737. The molecule has 2 aliphatic carbocycles. The monoisotopic (exact) mass is 329 g/mol. The summed E-state index contributed by atoms with van der Waals surface area (Å²) in [4.78, 5) is 25.4. The predicted octanol–water partition coefficient (Wildman–Crippen LogP) is 3.44. The summed E-state index contributed by atoms with van der Waals surface area (Å²) >= 11 is 0. The number of rotatable bonds is 2. The van der Waals surface area contributed by atoms with E-state index in [-0.39, 0.29) is 17.1 Å². The molecule has 0 bridgehead atoms. The van der Waals surface area contributed by atoms with Gasteiger partial charge in [0.1, 0.15) is 11.1 Å². The number of nitrogens with zero attached hydrogens (tertiary/aromatic N) is 1. The number of fused-ring (bicyclic) bond motifs is 2. The molecule has 1 aromatic rings. The SMILES string of the molecule is COC(=O)C1=C(O)c2ccc(C3CCCC3)n2C2(CCCC2)C1=O. The second-order valence-electron chi connectivity index (χ2n) is 7.24. The molecule has 4 rings (SSSR count). The second-order valence-corrected chi connectivity index (χ2v) is 7.24. The number of esters is 1.